The predicted molar refractivity (Wildman–Crippen MR) is 88.4 cm³/mol. The molecule has 1 aromatic carbocycles. The molecule has 6 heteroatoms. The number of carbonyl (C=O) groups is 2. The number of ether oxygens (including phenoxy) is 2. The highest BCUT2D eigenvalue weighted by molar-refractivity contribution is 5.87. The molecule has 2 amide bonds. The van der Waals surface area contributed by atoms with Crippen molar-refractivity contribution in [2.75, 3.05) is 26.3 Å². The van der Waals surface area contributed by atoms with Crippen molar-refractivity contribution in [3.05, 3.63) is 35.9 Å². The van der Waals surface area contributed by atoms with Gasteiger partial charge in [-0.2, -0.15) is 0 Å². The molecule has 6 nitrogen and oxygen atoms in total. The summed E-state index contributed by atoms with van der Waals surface area (Å²) in [5.74, 6) is 0.193. The summed E-state index contributed by atoms with van der Waals surface area (Å²) >= 11 is 0. The molecule has 4 aliphatic rings. The van der Waals surface area contributed by atoms with Crippen molar-refractivity contribution in [2.24, 2.45) is 5.41 Å². The number of hydrogen-bond donors (Lipinski definition) is 0. The largest absolute Gasteiger partial charge is 0.379 e. The first kappa shape index (κ1) is 15.3. The van der Waals surface area contributed by atoms with Gasteiger partial charge < -0.3 is 19.3 Å². The summed E-state index contributed by atoms with van der Waals surface area (Å²) < 4.78 is 11.7. The van der Waals surface area contributed by atoms with Crippen LogP contribution in [0.25, 0.3) is 0 Å². The standard InChI is InChI=1S/C19H22N2O4/c1-18(11-24-12-18)17(23)20-8-7-19-15(20)9-16(22)21(19)10-14(25-19)13-5-3-2-4-6-13/h2-6,14-15H,7-12H2,1H3/t14-,15-,19+/m1/s1. The van der Waals surface area contributed by atoms with E-state index in [2.05, 4.69) is 0 Å². The number of carbonyl (C=O) groups excluding carboxylic acids is 2. The molecule has 0 N–H and O–H groups in total. The number of likely N-dealkylation sites (tertiary alicyclic amines) is 1. The maximum Gasteiger partial charge on any atom is 0.233 e. The molecule has 0 bridgehead atoms. The summed E-state index contributed by atoms with van der Waals surface area (Å²) in [6.45, 7) is 4.09. The first-order chi connectivity index (χ1) is 12.0. The lowest BCUT2D eigenvalue weighted by Crippen LogP contribution is -2.56. The molecule has 3 atom stereocenters. The molecule has 132 valence electrons. The van der Waals surface area contributed by atoms with E-state index in [1.165, 1.54) is 0 Å². The Morgan fingerprint density at radius 2 is 2.00 bits per heavy atom. The van der Waals surface area contributed by atoms with Gasteiger partial charge in [-0.15, -0.1) is 0 Å². The second kappa shape index (κ2) is 5.05. The van der Waals surface area contributed by atoms with Crippen molar-refractivity contribution in [1.29, 1.82) is 0 Å². The van der Waals surface area contributed by atoms with Gasteiger partial charge in [0.25, 0.3) is 0 Å². The number of rotatable bonds is 2. The third-order valence-electron chi connectivity index (χ3n) is 6.22. The van der Waals surface area contributed by atoms with E-state index in [-0.39, 0.29) is 24.0 Å². The van der Waals surface area contributed by atoms with Crippen LogP contribution in [-0.4, -0.2) is 59.7 Å². The van der Waals surface area contributed by atoms with E-state index in [9.17, 15) is 9.59 Å². The Bertz CT molecular complexity index is 732. The normalized spacial score (nSPS) is 35.5. The van der Waals surface area contributed by atoms with Crippen LogP contribution in [0.5, 0.6) is 0 Å². The zero-order valence-electron chi connectivity index (χ0n) is 14.3. The Morgan fingerprint density at radius 3 is 2.68 bits per heavy atom. The van der Waals surface area contributed by atoms with Crippen LogP contribution in [0.15, 0.2) is 30.3 Å². The van der Waals surface area contributed by atoms with Gasteiger partial charge in [-0.05, 0) is 12.5 Å². The molecule has 1 spiro atoms. The SMILES string of the molecule is CC1(C(=O)N2CC[C@@]34O[C@@H](c5ccccc5)CN3C(=O)C[C@@H]24)COC1. The highest BCUT2D eigenvalue weighted by Gasteiger charge is 2.66. The van der Waals surface area contributed by atoms with E-state index < -0.39 is 11.1 Å². The van der Waals surface area contributed by atoms with Crippen molar-refractivity contribution < 1.29 is 19.1 Å². The zero-order chi connectivity index (χ0) is 17.2. The van der Waals surface area contributed by atoms with Gasteiger partial charge >= 0.3 is 0 Å². The van der Waals surface area contributed by atoms with Gasteiger partial charge in [-0.25, -0.2) is 0 Å². The van der Waals surface area contributed by atoms with Gasteiger partial charge in [0, 0.05) is 13.0 Å². The molecule has 25 heavy (non-hydrogen) atoms. The van der Waals surface area contributed by atoms with E-state index in [1.807, 2.05) is 47.1 Å². The zero-order valence-corrected chi connectivity index (χ0v) is 14.3. The van der Waals surface area contributed by atoms with Crippen LogP contribution in [0, 0.1) is 5.41 Å². The van der Waals surface area contributed by atoms with Crippen LogP contribution in [0.1, 0.15) is 31.4 Å². The molecule has 4 saturated heterocycles. The van der Waals surface area contributed by atoms with Gasteiger partial charge in [-0.3, -0.25) is 9.59 Å². The third kappa shape index (κ3) is 1.98. The quantitative estimate of drug-likeness (QED) is 0.813. The number of nitrogens with zero attached hydrogens (tertiary/aromatic N) is 2. The van der Waals surface area contributed by atoms with Gasteiger partial charge in [0.05, 0.1) is 37.6 Å². The summed E-state index contributed by atoms with van der Waals surface area (Å²) in [7, 11) is 0. The van der Waals surface area contributed by atoms with Crippen LogP contribution in [0.4, 0.5) is 0 Å². The average Bonchev–Trinajstić information content (AvgIpc) is 3.22. The van der Waals surface area contributed by atoms with Gasteiger partial charge in [0.2, 0.25) is 11.8 Å². The summed E-state index contributed by atoms with van der Waals surface area (Å²) in [5, 5.41) is 0. The first-order valence-electron chi connectivity index (χ1n) is 8.96. The smallest absolute Gasteiger partial charge is 0.233 e. The molecule has 4 aliphatic heterocycles. The fourth-order valence-electron chi connectivity index (χ4n) is 4.79. The molecule has 0 aromatic heterocycles. The molecule has 4 heterocycles. The second-order valence-electron chi connectivity index (χ2n) is 7.89. The van der Waals surface area contributed by atoms with Gasteiger partial charge in [0.1, 0.15) is 6.10 Å². The van der Waals surface area contributed by atoms with E-state index >= 15 is 0 Å². The van der Waals surface area contributed by atoms with Crippen molar-refractivity contribution in [2.45, 2.75) is 37.6 Å². The second-order valence-corrected chi connectivity index (χ2v) is 7.89. The van der Waals surface area contributed by atoms with E-state index in [1.54, 1.807) is 0 Å². The van der Waals surface area contributed by atoms with Crippen molar-refractivity contribution in [3.63, 3.8) is 0 Å². The first-order valence-corrected chi connectivity index (χ1v) is 8.96. The monoisotopic (exact) mass is 342 g/mol. The lowest BCUT2D eigenvalue weighted by Gasteiger charge is -2.41. The average molecular weight is 342 g/mol. The molecule has 1 aromatic rings. The maximum absolute atomic E-state index is 13.0. The summed E-state index contributed by atoms with van der Waals surface area (Å²) in [5.41, 5.74) is -0.00449. The molecular formula is C19H22N2O4. The Morgan fingerprint density at radius 1 is 1.24 bits per heavy atom. The highest BCUT2D eigenvalue weighted by Crippen LogP contribution is 2.51. The lowest BCUT2D eigenvalue weighted by atomic mass is 9.86. The Kier molecular flexibility index (Phi) is 3.10. The van der Waals surface area contributed by atoms with Gasteiger partial charge in [-0.1, -0.05) is 30.3 Å². The molecule has 5 rings (SSSR count). The van der Waals surface area contributed by atoms with Crippen molar-refractivity contribution in [1.82, 2.24) is 9.80 Å². The van der Waals surface area contributed by atoms with Crippen LogP contribution in [-0.2, 0) is 19.1 Å². The van der Waals surface area contributed by atoms with Crippen LogP contribution < -0.4 is 0 Å². The minimum absolute atomic E-state index is 0.0935. The minimum Gasteiger partial charge on any atom is -0.379 e. The van der Waals surface area contributed by atoms with Crippen LogP contribution >= 0.6 is 0 Å². The topological polar surface area (TPSA) is 59.1 Å². The predicted octanol–water partition coefficient (Wildman–Crippen LogP) is 1.32. The summed E-state index contributed by atoms with van der Waals surface area (Å²) in [4.78, 5) is 29.4. The summed E-state index contributed by atoms with van der Waals surface area (Å²) in [6.07, 6.45) is 0.935. The fraction of sp³-hybridized carbons (Fsp3) is 0.579. The Hall–Kier alpha value is -1.92. The van der Waals surface area contributed by atoms with Crippen molar-refractivity contribution >= 4 is 11.8 Å². The summed E-state index contributed by atoms with van der Waals surface area (Å²) in [6, 6.07) is 9.84. The number of amides is 2. The fourth-order valence-corrected chi connectivity index (χ4v) is 4.79. The molecule has 4 fully saturated rings. The van der Waals surface area contributed by atoms with Crippen LogP contribution in [0.3, 0.4) is 0 Å². The third-order valence-corrected chi connectivity index (χ3v) is 6.22. The molecular weight excluding hydrogens is 320 g/mol. The Labute approximate surface area is 146 Å². The Balaban J connectivity index is 1.44. The lowest BCUT2D eigenvalue weighted by molar-refractivity contribution is -0.173. The molecule has 0 unspecified atom stereocenters. The molecule has 0 radical (unpaired) electrons. The molecule has 0 aliphatic carbocycles. The number of benzene rings is 1. The maximum atomic E-state index is 13.0. The van der Waals surface area contributed by atoms with E-state index in [4.69, 9.17) is 9.47 Å². The van der Waals surface area contributed by atoms with Crippen LogP contribution in [0.2, 0.25) is 0 Å². The van der Waals surface area contributed by atoms with Crippen molar-refractivity contribution in [3.8, 4) is 0 Å². The number of hydrogen-bond acceptors (Lipinski definition) is 4. The van der Waals surface area contributed by atoms with E-state index in [0.29, 0.717) is 39.1 Å². The minimum atomic E-state index is -0.645. The molecule has 0 saturated carbocycles. The van der Waals surface area contributed by atoms with E-state index in [0.717, 1.165) is 5.56 Å². The highest BCUT2D eigenvalue weighted by atomic mass is 16.5. The van der Waals surface area contributed by atoms with Gasteiger partial charge in [0.15, 0.2) is 5.72 Å².